The number of carbonyl (C=O) groups excluding carboxylic acids is 1. The summed E-state index contributed by atoms with van der Waals surface area (Å²) in [6.07, 6.45) is 11.4. The SMILES string of the molecule is C=NC1(C(=O)NCC2=CCC(Cl)C=C2)CCN(c2ncnc3[nH]ccc23)CC1. The van der Waals surface area contributed by atoms with Gasteiger partial charge in [-0.15, -0.1) is 11.6 Å². The molecule has 0 bridgehead atoms. The Balaban J connectivity index is 1.41. The number of anilines is 1. The number of hydrogen-bond donors (Lipinski definition) is 2. The second-order valence-electron chi connectivity index (χ2n) is 7.19. The summed E-state index contributed by atoms with van der Waals surface area (Å²) in [7, 11) is 0. The van der Waals surface area contributed by atoms with Crippen LogP contribution < -0.4 is 10.2 Å². The van der Waals surface area contributed by atoms with Crippen LogP contribution in [0.15, 0.2) is 47.4 Å². The fourth-order valence-electron chi connectivity index (χ4n) is 3.77. The molecule has 8 heteroatoms. The molecule has 1 amide bonds. The average Bonchev–Trinajstić information content (AvgIpc) is 3.22. The summed E-state index contributed by atoms with van der Waals surface area (Å²) >= 11 is 6.05. The van der Waals surface area contributed by atoms with Crippen molar-refractivity contribution in [2.45, 2.75) is 30.2 Å². The lowest BCUT2D eigenvalue weighted by molar-refractivity contribution is -0.126. The normalized spacial score (nSPS) is 21.4. The van der Waals surface area contributed by atoms with E-state index in [9.17, 15) is 4.79 Å². The second kappa shape index (κ2) is 7.75. The number of fused-ring (bicyclic) bond motifs is 1. The van der Waals surface area contributed by atoms with Crippen LogP contribution in [-0.2, 0) is 4.79 Å². The first-order valence-corrected chi connectivity index (χ1v) is 9.85. The lowest BCUT2D eigenvalue weighted by atomic mass is 9.87. The molecule has 2 N–H and O–H groups in total. The molecule has 3 heterocycles. The fourth-order valence-corrected chi connectivity index (χ4v) is 3.93. The number of alkyl halides is 1. The molecule has 28 heavy (non-hydrogen) atoms. The van der Waals surface area contributed by atoms with E-state index in [0.29, 0.717) is 32.5 Å². The Kier molecular flexibility index (Phi) is 5.17. The molecule has 7 nitrogen and oxygen atoms in total. The minimum Gasteiger partial charge on any atom is -0.356 e. The monoisotopic (exact) mass is 398 g/mol. The molecular weight excluding hydrogens is 376 g/mol. The lowest BCUT2D eigenvalue weighted by Crippen LogP contribution is -2.53. The Morgan fingerprint density at radius 3 is 2.96 bits per heavy atom. The van der Waals surface area contributed by atoms with E-state index in [4.69, 9.17) is 11.6 Å². The maximum atomic E-state index is 12.9. The van der Waals surface area contributed by atoms with E-state index in [-0.39, 0.29) is 11.3 Å². The Labute approximate surface area is 168 Å². The number of carbonyl (C=O) groups is 1. The van der Waals surface area contributed by atoms with Crippen LogP contribution in [-0.4, -0.2) is 58.1 Å². The van der Waals surface area contributed by atoms with E-state index in [2.05, 4.69) is 43.0 Å². The Bertz CT molecular complexity index is 941. The Hall–Kier alpha value is -2.67. The first-order chi connectivity index (χ1) is 13.6. The minimum atomic E-state index is -0.797. The molecule has 4 rings (SSSR count). The van der Waals surface area contributed by atoms with E-state index >= 15 is 0 Å². The molecule has 2 aromatic heterocycles. The van der Waals surface area contributed by atoms with Crippen molar-refractivity contribution in [2.75, 3.05) is 24.5 Å². The second-order valence-corrected chi connectivity index (χ2v) is 7.75. The van der Waals surface area contributed by atoms with E-state index < -0.39 is 5.54 Å². The van der Waals surface area contributed by atoms with Gasteiger partial charge < -0.3 is 15.2 Å². The molecule has 146 valence electrons. The number of nitrogens with one attached hydrogen (secondary N) is 2. The van der Waals surface area contributed by atoms with E-state index in [0.717, 1.165) is 28.8 Å². The van der Waals surface area contributed by atoms with Gasteiger partial charge in [-0.25, -0.2) is 9.97 Å². The van der Waals surface area contributed by atoms with Crippen molar-refractivity contribution < 1.29 is 4.79 Å². The number of allylic oxidation sites excluding steroid dienone is 2. The molecule has 1 atom stereocenters. The smallest absolute Gasteiger partial charge is 0.248 e. The van der Waals surface area contributed by atoms with Gasteiger partial charge in [-0.1, -0.05) is 18.2 Å². The third-order valence-corrected chi connectivity index (χ3v) is 5.85. The van der Waals surface area contributed by atoms with Crippen molar-refractivity contribution in [2.24, 2.45) is 4.99 Å². The zero-order chi connectivity index (χ0) is 19.6. The van der Waals surface area contributed by atoms with E-state index in [1.807, 2.05) is 24.4 Å². The number of hydrogen-bond acceptors (Lipinski definition) is 5. The number of H-pyrrole nitrogens is 1. The van der Waals surface area contributed by atoms with Gasteiger partial charge in [0, 0.05) is 25.8 Å². The van der Waals surface area contributed by atoms with Crippen molar-refractivity contribution in [1.29, 1.82) is 0 Å². The number of aliphatic imine (C=N–C) groups is 1. The van der Waals surface area contributed by atoms with Crippen molar-refractivity contribution >= 4 is 41.1 Å². The topological polar surface area (TPSA) is 86.3 Å². The van der Waals surface area contributed by atoms with Crippen LogP contribution in [0, 0.1) is 0 Å². The first kappa shape index (κ1) is 18.7. The standard InChI is InChI=1S/C20H23ClN6O/c1-22-20(19(28)24-12-14-2-4-15(21)5-3-14)7-10-27(11-8-20)18-16-6-9-23-17(16)25-13-26-18/h2-4,6,9,13,15H,1,5,7-8,10-12H2,(H,24,28)(H,23,25,26). The van der Waals surface area contributed by atoms with Crippen LogP contribution >= 0.6 is 11.6 Å². The van der Waals surface area contributed by atoms with Crippen LogP contribution in [0.2, 0.25) is 0 Å². The highest BCUT2D eigenvalue weighted by Gasteiger charge is 2.41. The van der Waals surface area contributed by atoms with Gasteiger partial charge in [0.2, 0.25) is 5.91 Å². The molecule has 1 aliphatic heterocycles. The molecule has 1 fully saturated rings. The maximum absolute atomic E-state index is 12.9. The van der Waals surface area contributed by atoms with Crippen LogP contribution in [0.5, 0.6) is 0 Å². The van der Waals surface area contributed by atoms with Gasteiger partial charge in [-0.05, 0) is 37.6 Å². The number of halogens is 1. The number of piperidine rings is 1. The summed E-state index contributed by atoms with van der Waals surface area (Å²) in [6, 6.07) is 1.97. The van der Waals surface area contributed by atoms with Gasteiger partial charge >= 0.3 is 0 Å². The molecule has 0 spiro atoms. The first-order valence-electron chi connectivity index (χ1n) is 9.42. The van der Waals surface area contributed by atoms with Crippen molar-refractivity contribution in [3.63, 3.8) is 0 Å². The van der Waals surface area contributed by atoms with Gasteiger partial charge in [0.15, 0.2) is 0 Å². The van der Waals surface area contributed by atoms with Gasteiger partial charge in [-0.2, -0.15) is 0 Å². The molecular formula is C20H23ClN6O. The number of nitrogens with zero attached hydrogens (tertiary/aromatic N) is 4. The number of aromatic nitrogens is 3. The zero-order valence-electron chi connectivity index (χ0n) is 15.6. The van der Waals surface area contributed by atoms with Crippen molar-refractivity contribution in [3.05, 3.63) is 42.4 Å². The highest BCUT2D eigenvalue weighted by atomic mass is 35.5. The van der Waals surface area contributed by atoms with Gasteiger partial charge in [-0.3, -0.25) is 9.79 Å². The van der Waals surface area contributed by atoms with E-state index in [1.54, 1.807) is 6.33 Å². The molecule has 2 aromatic rings. The molecule has 1 saturated heterocycles. The Morgan fingerprint density at radius 2 is 2.25 bits per heavy atom. The molecule has 1 unspecified atom stereocenters. The van der Waals surface area contributed by atoms with Crippen LogP contribution in [0.3, 0.4) is 0 Å². The summed E-state index contributed by atoms with van der Waals surface area (Å²) in [4.78, 5) is 31.1. The third-order valence-electron chi connectivity index (χ3n) is 5.53. The number of aromatic amines is 1. The molecule has 1 aliphatic carbocycles. The minimum absolute atomic E-state index is 0.0400. The van der Waals surface area contributed by atoms with Gasteiger partial charge in [0.05, 0.1) is 10.8 Å². The summed E-state index contributed by atoms with van der Waals surface area (Å²) in [6.45, 7) is 5.56. The molecule has 0 radical (unpaired) electrons. The average molecular weight is 399 g/mol. The summed E-state index contributed by atoms with van der Waals surface area (Å²) in [5.41, 5.74) is 1.08. The van der Waals surface area contributed by atoms with Crippen LogP contribution in [0.25, 0.3) is 11.0 Å². The fraction of sp³-hybridized carbons (Fsp3) is 0.400. The number of amides is 1. The summed E-state index contributed by atoms with van der Waals surface area (Å²) < 4.78 is 0. The lowest BCUT2D eigenvalue weighted by Gasteiger charge is -2.38. The van der Waals surface area contributed by atoms with Gasteiger partial charge in [0.1, 0.15) is 23.3 Å². The largest absolute Gasteiger partial charge is 0.356 e. The predicted molar refractivity (Wildman–Crippen MR) is 112 cm³/mol. The molecule has 2 aliphatic rings. The molecule has 0 saturated carbocycles. The maximum Gasteiger partial charge on any atom is 0.248 e. The zero-order valence-corrected chi connectivity index (χ0v) is 16.3. The highest BCUT2D eigenvalue weighted by Crippen LogP contribution is 2.31. The van der Waals surface area contributed by atoms with Crippen molar-refractivity contribution in [3.8, 4) is 0 Å². The van der Waals surface area contributed by atoms with Crippen molar-refractivity contribution in [1.82, 2.24) is 20.3 Å². The molecule has 0 aromatic carbocycles. The summed E-state index contributed by atoms with van der Waals surface area (Å²) in [5.74, 6) is 0.816. The van der Waals surface area contributed by atoms with Gasteiger partial charge in [0.25, 0.3) is 0 Å². The Morgan fingerprint density at radius 1 is 1.43 bits per heavy atom. The highest BCUT2D eigenvalue weighted by molar-refractivity contribution is 6.22. The quantitative estimate of drug-likeness (QED) is 0.598. The third kappa shape index (κ3) is 3.54. The summed E-state index contributed by atoms with van der Waals surface area (Å²) in [5, 5.41) is 4.05. The van der Waals surface area contributed by atoms with Crippen LogP contribution in [0.1, 0.15) is 19.3 Å². The van der Waals surface area contributed by atoms with Crippen LogP contribution in [0.4, 0.5) is 5.82 Å². The predicted octanol–water partition coefficient (Wildman–Crippen LogP) is 2.61. The van der Waals surface area contributed by atoms with E-state index in [1.165, 1.54) is 0 Å². The number of rotatable bonds is 5.